The molecule has 0 saturated carbocycles. The second-order valence-corrected chi connectivity index (χ2v) is 7.92. The number of hydrogen-bond acceptors (Lipinski definition) is 4. The summed E-state index contributed by atoms with van der Waals surface area (Å²) in [5.74, 6) is -0.719. The van der Waals surface area contributed by atoms with Crippen LogP contribution in [0.1, 0.15) is 34.3 Å². The molecule has 12 heteroatoms. The van der Waals surface area contributed by atoms with Gasteiger partial charge in [0.15, 0.2) is 11.5 Å². The number of likely N-dealkylation sites (tertiary alicyclic amines) is 1. The summed E-state index contributed by atoms with van der Waals surface area (Å²) in [5, 5.41) is 2.74. The van der Waals surface area contributed by atoms with Gasteiger partial charge in [-0.1, -0.05) is 0 Å². The Bertz CT molecular complexity index is 1080. The van der Waals surface area contributed by atoms with Crippen LogP contribution in [-0.4, -0.2) is 36.6 Å². The van der Waals surface area contributed by atoms with Crippen molar-refractivity contribution in [1.82, 2.24) is 4.90 Å². The second-order valence-electron chi connectivity index (χ2n) is 7.92. The predicted molar refractivity (Wildman–Crippen MR) is 106 cm³/mol. The fourth-order valence-corrected chi connectivity index (χ4v) is 3.82. The van der Waals surface area contributed by atoms with Gasteiger partial charge in [-0.05, 0) is 43.2 Å². The Morgan fingerprint density at radius 2 is 1.44 bits per heavy atom. The van der Waals surface area contributed by atoms with E-state index in [2.05, 4.69) is 5.32 Å². The van der Waals surface area contributed by atoms with Gasteiger partial charge in [0, 0.05) is 36.3 Å². The minimum atomic E-state index is -5.05. The molecule has 1 fully saturated rings. The number of fused-ring (bicyclic) bond motifs is 1. The number of carbonyl (C=O) groups is 2. The van der Waals surface area contributed by atoms with Crippen LogP contribution < -0.4 is 14.8 Å². The largest absolute Gasteiger partial charge is 0.454 e. The molecule has 34 heavy (non-hydrogen) atoms. The van der Waals surface area contributed by atoms with Gasteiger partial charge in [0.25, 0.3) is 5.91 Å². The van der Waals surface area contributed by atoms with Gasteiger partial charge >= 0.3 is 12.4 Å². The van der Waals surface area contributed by atoms with Gasteiger partial charge in [0.1, 0.15) is 0 Å². The van der Waals surface area contributed by atoms with Gasteiger partial charge in [-0.3, -0.25) is 9.59 Å². The molecular formula is C22H18F6N2O4. The third kappa shape index (κ3) is 5.05. The van der Waals surface area contributed by atoms with Gasteiger partial charge in [-0.2, -0.15) is 26.3 Å². The summed E-state index contributed by atoms with van der Waals surface area (Å²) < 4.78 is 88.9. The predicted octanol–water partition coefficient (Wildman–Crippen LogP) is 4.94. The SMILES string of the molecule is O=C(Nc1ccc2c(c1)OCO2)C1CCN(C(=O)c2cc(C(F)(F)F)cc(C(F)(F)F)c2)CC1. The minimum absolute atomic E-state index is 0.00958. The molecule has 4 rings (SSSR count). The number of rotatable bonds is 3. The molecule has 2 amide bonds. The van der Waals surface area contributed by atoms with Crippen molar-refractivity contribution in [3.05, 3.63) is 53.1 Å². The molecule has 0 spiro atoms. The Kier molecular flexibility index (Phi) is 6.09. The van der Waals surface area contributed by atoms with Crippen LogP contribution in [0.5, 0.6) is 11.5 Å². The van der Waals surface area contributed by atoms with Gasteiger partial charge in [0.2, 0.25) is 12.7 Å². The van der Waals surface area contributed by atoms with Crippen LogP contribution in [-0.2, 0) is 17.1 Å². The van der Waals surface area contributed by atoms with Crippen LogP contribution in [0.25, 0.3) is 0 Å². The number of anilines is 1. The molecule has 2 aliphatic heterocycles. The van der Waals surface area contributed by atoms with Crippen molar-refractivity contribution < 1.29 is 45.4 Å². The average molecular weight is 488 g/mol. The van der Waals surface area contributed by atoms with Gasteiger partial charge < -0.3 is 19.7 Å². The van der Waals surface area contributed by atoms with E-state index in [9.17, 15) is 35.9 Å². The Balaban J connectivity index is 1.42. The van der Waals surface area contributed by atoms with Crippen LogP contribution in [0.15, 0.2) is 36.4 Å². The lowest BCUT2D eigenvalue weighted by molar-refractivity contribution is -0.143. The van der Waals surface area contributed by atoms with Crippen molar-refractivity contribution in [3.8, 4) is 11.5 Å². The lowest BCUT2D eigenvalue weighted by atomic mass is 9.95. The summed E-state index contributed by atoms with van der Waals surface area (Å²) in [4.78, 5) is 26.4. The van der Waals surface area contributed by atoms with E-state index in [0.29, 0.717) is 29.3 Å². The van der Waals surface area contributed by atoms with E-state index in [0.717, 1.165) is 4.90 Å². The van der Waals surface area contributed by atoms with Gasteiger partial charge in [-0.15, -0.1) is 0 Å². The molecule has 0 atom stereocenters. The molecule has 0 radical (unpaired) electrons. The molecule has 2 aromatic carbocycles. The number of piperidine rings is 1. The Morgan fingerprint density at radius 3 is 2.03 bits per heavy atom. The van der Waals surface area contributed by atoms with E-state index in [4.69, 9.17) is 9.47 Å². The van der Waals surface area contributed by atoms with Crippen LogP contribution in [0.2, 0.25) is 0 Å². The van der Waals surface area contributed by atoms with Crippen LogP contribution in [0.3, 0.4) is 0 Å². The average Bonchev–Trinajstić information content (AvgIpc) is 3.25. The molecule has 0 aliphatic carbocycles. The van der Waals surface area contributed by atoms with Crippen LogP contribution >= 0.6 is 0 Å². The highest BCUT2D eigenvalue weighted by atomic mass is 19.4. The maximum atomic E-state index is 13.1. The maximum absolute atomic E-state index is 13.1. The lowest BCUT2D eigenvalue weighted by Crippen LogP contribution is -2.41. The molecule has 182 valence electrons. The Morgan fingerprint density at radius 1 is 0.853 bits per heavy atom. The van der Waals surface area contributed by atoms with Gasteiger partial charge in [-0.25, -0.2) is 0 Å². The highest BCUT2D eigenvalue weighted by Crippen LogP contribution is 2.37. The first-order valence-electron chi connectivity index (χ1n) is 10.2. The normalized spacial score (nSPS) is 16.5. The number of amides is 2. The summed E-state index contributed by atoms with van der Waals surface area (Å²) in [6.45, 7) is 0.0981. The number of alkyl halides is 6. The van der Waals surface area contributed by atoms with Crippen molar-refractivity contribution in [2.75, 3.05) is 25.2 Å². The minimum Gasteiger partial charge on any atom is -0.454 e. The molecule has 1 saturated heterocycles. The fourth-order valence-electron chi connectivity index (χ4n) is 3.82. The number of halogens is 6. The summed E-state index contributed by atoms with van der Waals surface area (Å²) in [6, 6.07) is 5.68. The Hall–Kier alpha value is -3.44. The second kappa shape index (κ2) is 8.73. The fraction of sp³-hybridized carbons (Fsp3) is 0.364. The highest BCUT2D eigenvalue weighted by Gasteiger charge is 2.38. The molecule has 1 N–H and O–H groups in total. The Labute approximate surface area is 189 Å². The maximum Gasteiger partial charge on any atom is 0.416 e. The monoisotopic (exact) mass is 488 g/mol. The molecule has 6 nitrogen and oxygen atoms in total. The van der Waals surface area contributed by atoms with Crippen molar-refractivity contribution >= 4 is 17.5 Å². The van der Waals surface area contributed by atoms with Crippen molar-refractivity contribution in [3.63, 3.8) is 0 Å². The summed E-state index contributed by atoms with van der Waals surface area (Å²) in [5.41, 5.74) is -3.32. The number of nitrogens with one attached hydrogen (secondary N) is 1. The topological polar surface area (TPSA) is 67.9 Å². The summed E-state index contributed by atoms with van der Waals surface area (Å²) in [7, 11) is 0. The number of hydrogen-bond donors (Lipinski definition) is 1. The smallest absolute Gasteiger partial charge is 0.416 e. The van der Waals surface area contributed by atoms with E-state index < -0.39 is 40.9 Å². The lowest BCUT2D eigenvalue weighted by Gasteiger charge is -2.31. The van der Waals surface area contributed by atoms with E-state index >= 15 is 0 Å². The van der Waals surface area contributed by atoms with Crippen LogP contribution in [0.4, 0.5) is 32.0 Å². The van der Waals surface area contributed by atoms with Crippen molar-refractivity contribution in [2.24, 2.45) is 5.92 Å². The van der Waals surface area contributed by atoms with E-state index in [1.165, 1.54) is 0 Å². The molecule has 0 unspecified atom stereocenters. The first-order valence-corrected chi connectivity index (χ1v) is 10.2. The molecular weight excluding hydrogens is 470 g/mol. The molecule has 2 aromatic rings. The summed E-state index contributed by atoms with van der Waals surface area (Å²) in [6.07, 6.45) is -9.69. The number of carbonyl (C=O) groups excluding carboxylic acids is 2. The van der Waals surface area contributed by atoms with Crippen molar-refractivity contribution in [2.45, 2.75) is 25.2 Å². The van der Waals surface area contributed by atoms with E-state index in [1.54, 1.807) is 18.2 Å². The standard InChI is InChI=1S/C22H18F6N2O4/c23-21(24,25)14-7-13(8-15(9-14)22(26,27)28)20(32)30-5-3-12(4-6-30)19(31)29-16-1-2-17-18(10-16)34-11-33-17/h1-2,7-10,12H,3-6,11H2,(H,29,31). The third-order valence-electron chi connectivity index (χ3n) is 5.63. The number of benzene rings is 2. The zero-order valence-corrected chi connectivity index (χ0v) is 17.4. The zero-order valence-electron chi connectivity index (χ0n) is 17.4. The van der Waals surface area contributed by atoms with E-state index in [-0.39, 0.29) is 44.7 Å². The molecule has 0 aromatic heterocycles. The van der Waals surface area contributed by atoms with Crippen molar-refractivity contribution in [1.29, 1.82) is 0 Å². The highest BCUT2D eigenvalue weighted by molar-refractivity contribution is 5.96. The third-order valence-corrected chi connectivity index (χ3v) is 5.63. The molecule has 2 heterocycles. The number of ether oxygens (including phenoxy) is 2. The molecule has 2 aliphatic rings. The van der Waals surface area contributed by atoms with E-state index in [1.807, 2.05) is 0 Å². The first kappa shape index (κ1) is 23.7. The summed E-state index contributed by atoms with van der Waals surface area (Å²) >= 11 is 0. The zero-order chi connectivity index (χ0) is 24.7. The van der Waals surface area contributed by atoms with Gasteiger partial charge in [0.05, 0.1) is 11.1 Å². The quantitative estimate of drug-likeness (QED) is 0.622. The van der Waals surface area contributed by atoms with Crippen LogP contribution in [0, 0.1) is 5.92 Å². The molecule has 0 bridgehead atoms. The first-order chi connectivity index (χ1) is 15.9. The number of nitrogens with zero attached hydrogens (tertiary/aromatic N) is 1.